The fourth-order valence-electron chi connectivity index (χ4n) is 2.05. The minimum Gasteiger partial charge on any atom is -0.466 e. The summed E-state index contributed by atoms with van der Waals surface area (Å²) in [7, 11) is 1.71. The lowest BCUT2D eigenvalue weighted by atomic mass is 10.2. The summed E-state index contributed by atoms with van der Waals surface area (Å²) in [5.41, 5.74) is 1.29. The van der Waals surface area contributed by atoms with Crippen LogP contribution in [0.25, 0.3) is 10.2 Å². The van der Waals surface area contributed by atoms with Crippen molar-refractivity contribution in [3.05, 3.63) is 28.2 Å². The average Bonchev–Trinajstić information content (AvgIpc) is 2.85. The maximum absolute atomic E-state index is 12.3. The Bertz CT molecular complexity index is 686. The van der Waals surface area contributed by atoms with E-state index in [0.717, 1.165) is 10.2 Å². The van der Waals surface area contributed by atoms with Crippen molar-refractivity contribution in [3.63, 3.8) is 0 Å². The first-order chi connectivity index (χ1) is 10.5. The lowest BCUT2D eigenvalue weighted by Crippen LogP contribution is -2.28. The fourth-order valence-corrected chi connectivity index (χ4v) is 3.06. The number of esters is 1. The van der Waals surface area contributed by atoms with Crippen LogP contribution >= 0.6 is 22.9 Å². The minimum atomic E-state index is -0.234. The van der Waals surface area contributed by atoms with Crippen LogP contribution in [0.3, 0.4) is 0 Å². The molecule has 2 rings (SSSR count). The highest BCUT2D eigenvalue weighted by molar-refractivity contribution is 7.22. The third kappa shape index (κ3) is 4.18. The summed E-state index contributed by atoms with van der Waals surface area (Å²) in [6, 6.07) is 5.35. The molecule has 0 radical (unpaired) electrons. The number of nitrogens with zero attached hydrogens (tertiary/aromatic N) is 2. The number of ether oxygens (including phenoxy) is 1. The molecule has 0 aliphatic heterocycles. The molecule has 1 aromatic heterocycles. The zero-order chi connectivity index (χ0) is 16.1. The second-order valence-corrected chi connectivity index (χ2v) is 6.40. The molecule has 0 saturated carbocycles. The van der Waals surface area contributed by atoms with Crippen molar-refractivity contribution in [2.75, 3.05) is 20.2 Å². The van der Waals surface area contributed by atoms with E-state index in [9.17, 15) is 9.59 Å². The van der Waals surface area contributed by atoms with Crippen LogP contribution in [0.5, 0.6) is 0 Å². The molecule has 0 aliphatic rings. The van der Waals surface area contributed by atoms with Gasteiger partial charge in [-0.1, -0.05) is 11.6 Å². The molecule has 1 aromatic carbocycles. The first-order valence-corrected chi connectivity index (χ1v) is 8.18. The van der Waals surface area contributed by atoms with E-state index < -0.39 is 0 Å². The summed E-state index contributed by atoms with van der Waals surface area (Å²) in [6.07, 6.45) is 0.887. The van der Waals surface area contributed by atoms with Crippen molar-refractivity contribution < 1.29 is 14.3 Å². The molecule has 0 fully saturated rings. The van der Waals surface area contributed by atoms with Gasteiger partial charge in [0.1, 0.15) is 0 Å². The molecule has 0 N–H and O–H groups in total. The number of carbonyl (C=O) groups is 2. The SMILES string of the molecule is CCOC(=O)CCCN(C)C(=O)c1ccc2sc(Cl)nc2c1. The van der Waals surface area contributed by atoms with Gasteiger partial charge in [-0.3, -0.25) is 9.59 Å². The van der Waals surface area contributed by atoms with Crippen LogP contribution in [0, 0.1) is 0 Å². The predicted octanol–water partition coefficient (Wildman–Crippen LogP) is 3.37. The third-order valence-corrected chi connectivity index (χ3v) is 4.28. The number of aromatic nitrogens is 1. The zero-order valence-electron chi connectivity index (χ0n) is 12.5. The first-order valence-electron chi connectivity index (χ1n) is 6.98. The van der Waals surface area contributed by atoms with Gasteiger partial charge in [0.25, 0.3) is 5.91 Å². The van der Waals surface area contributed by atoms with Crippen molar-refractivity contribution in [1.29, 1.82) is 0 Å². The average molecular weight is 341 g/mol. The fraction of sp³-hybridized carbons (Fsp3) is 0.400. The molecule has 0 aliphatic carbocycles. The maximum atomic E-state index is 12.3. The highest BCUT2D eigenvalue weighted by Gasteiger charge is 2.14. The molecule has 1 amide bonds. The van der Waals surface area contributed by atoms with E-state index >= 15 is 0 Å². The first kappa shape index (κ1) is 16.7. The molecule has 22 heavy (non-hydrogen) atoms. The van der Waals surface area contributed by atoms with Crippen molar-refractivity contribution in [2.45, 2.75) is 19.8 Å². The van der Waals surface area contributed by atoms with Gasteiger partial charge in [-0.15, -0.1) is 11.3 Å². The largest absolute Gasteiger partial charge is 0.466 e. The van der Waals surface area contributed by atoms with Crippen molar-refractivity contribution in [3.8, 4) is 0 Å². The Morgan fingerprint density at radius 3 is 2.91 bits per heavy atom. The van der Waals surface area contributed by atoms with Gasteiger partial charge in [0.15, 0.2) is 4.47 Å². The van der Waals surface area contributed by atoms with Crippen LogP contribution in [0.4, 0.5) is 0 Å². The smallest absolute Gasteiger partial charge is 0.305 e. The Hall–Kier alpha value is -1.66. The van der Waals surface area contributed by atoms with Crippen LogP contribution in [0.2, 0.25) is 4.47 Å². The lowest BCUT2D eigenvalue weighted by Gasteiger charge is -2.16. The summed E-state index contributed by atoms with van der Waals surface area (Å²) < 4.78 is 6.27. The summed E-state index contributed by atoms with van der Waals surface area (Å²) in [6.45, 7) is 2.64. The molecule has 0 atom stereocenters. The molecular weight excluding hydrogens is 324 g/mol. The quantitative estimate of drug-likeness (QED) is 0.756. The second-order valence-electron chi connectivity index (χ2n) is 4.78. The molecule has 7 heteroatoms. The molecule has 5 nitrogen and oxygen atoms in total. The van der Waals surface area contributed by atoms with Crippen LogP contribution in [0.1, 0.15) is 30.1 Å². The third-order valence-electron chi connectivity index (χ3n) is 3.13. The molecule has 0 saturated heterocycles. The Labute approximate surface area is 137 Å². The van der Waals surface area contributed by atoms with Gasteiger partial charge < -0.3 is 9.64 Å². The molecule has 118 valence electrons. The summed E-state index contributed by atoms with van der Waals surface area (Å²) in [5, 5.41) is 0. The van der Waals surface area contributed by atoms with E-state index in [4.69, 9.17) is 16.3 Å². The summed E-state index contributed by atoms with van der Waals surface area (Å²) >= 11 is 7.25. The van der Waals surface area contributed by atoms with E-state index in [1.807, 2.05) is 6.07 Å². The summed E-state index contributed by atoms with van der Waals surface area (Å²) in [4.78, 5) is 29.4. The number of hydrogen-bond acceptors (Lipinski definition) is 5. The van der Waals surface area contributed by atoms with E-state index in [1.165, 1.54) is 11.3 Å². The van der Waals surface area contributed by atoms with E-state index in [-0.39, 0.29) is 11.9 Å². The number of hydrogen-bond donors (Lipinski definition) is 0. The topological polar surface area (TPSA) is 59.5 Å². The van der Waals surface area contributed by atoms with Crippen molar-refractivity contribution in [1.82, 2.24) is 9.88 Å². The standard InChI is InChI=1S/C15H17ClN2O3S/c1-3-21-13(19)5-4-8-18(2)14(20)10-6-7-12-11(9-10)17-15(16)22-12/h6-7,9H,3-5,8H2,1-2H3. The lowest BCUT2D eigenvalue weighted by molar-refractivity contribution is -0.143. The maximum Gasteiger partial charge on any atom is 0.305 e. The highest BCUT2D eigenvalue weighted by Crippen LogP contribution is 2.26. The van der Waals surface area contributed by atoms with Crippen molar-refractivity contribution in [2.24, 2.45) is 0 Å². The normalized spacial score (nSPS) is 10.7. The number of fused-ring (bicyclic) bond motifs is 1. The van der Waals surface area contributed by atoms with Gasteiger partial charge in [0.2, 0.25) is 0 Å². The Morgan fingerprint density at radius 2 is 2.18 bits per heavy atom. The van der Waals surface area contributed by atoms with E-state index in [2.05, 4.69) is 4.98 Å². The highest BCUT2D eigenvalue weighted by atomic mass is 35.5. The van der Waals surface area contributed by atoms with Gasteiger partial charge in [-0.25, -0.2) is 4.98 Å². The van der Waals surface area contributed by atoms with E-state index in [1.54, 1.807) is 31.0 Å². The zero-order valence-corrected chi connectivity index (χ0v) is 14.0. The van der Waals surface area contributed by atoms with Crippen LogP contribution in [-0.2, 0) is 9.53 Å². The second kappa shape index (κ2) is 7.56. The Kier molecular flexibility index (Phi) is 5.74. The molecule has 0 unspecified atom stereocenters. The predicted molar refractivity (Wildman–Crippen MR) is 87.5 cm³/mol. The van der Waals surface area contributed by atoms with Gasteiger partial charge in [-0.2, -0.15) is 0 Å². The number of amides is 1. The molecule has 0 bridgehead atoms. The molecule has 2 aromatic rings. The van der Waals surface area contributed by atoms with Crippen LogP contribution in [-0.4, -0.2) is 42.0 Å². The number of benzene rings is 1. The monoisotopic (exact) mass is 340 g/mol. The number of rotatable bonds is 6. The number of thiazole rings is 1. The van der Waals surface area contributed by atoms with Gasteiger partial charge in [0, 0.05) is 25.6 Å². The van der Waals surface area contributed by atoms with Gasteiger partial charge >= 0.3 is 5.97 Å². The Balaban J connectivity index is 1.95. The van der Waals surface area contributed by atoms with E-state index in [0.29, 0.717) is 36.0 Å². The van der Waals surface area contributed by atoms with Crippen LogP contribution in [0.15, 0.2) is 18.2 Å². The minimum absolute atomic E-state index is 0.102. The number of carbonyl (C=O) groups excluding carboxylic acids is 2. The van der Waals surface area contributed by atoms with Gasteiger partial charge in [-0.05, 0) is 31.5 Å². The Morgan fingerprint density at radius 1 is 1.41 bits per heavy atom. The van der Waals surface area contributed by atoms with Gasteiger partial charge in [0.05, 0.1) is 16.8 Å². The van der Waals surface area contributed by atoms with Crippen molar-refractivity contribution >= 4 is 45.0 Å². The summed E-state index contributed by atoms with van der Waals surface area (Å²) in [5.74, 6) is -0.336. The molecule has 0 spiro atoms. The molecule has 1 heterocycles. The van der Waals surface area contributed by atoms with Crippen LogP contribution < -0.4 is 0 Å². The molecular formula is C15H17ClN2O3S. The number of halogens is 1.